The predicted molar refractivity (Wildman–Crippen MR) is 61.4 cm³/mol. The van der Waals surface area contributed by atoms with Crippen LogP contribution in [0.15, 0.2) is 12.2 Å². The van der Waals surface area contributed by atoms with E-state index in [9.17, 15) is 0 Å². The highest BCUT2D eigenvalue weighted by molar-refractivity contribution is 7.99. The van der Waals surface area contributed by atoms with Crippen LogP contribution >= 0.6 is 11.8 Å². The van der Waals surface area contributed by atoms with Gasteiger partial charge in [-0.3, -0.25) is 0 Å². The van der Waals surface area contributed by atoms with Crippen molar-refractivity contribution in [3.63, 3.8) is 0 Å². The molecule has 1 heterocycles. The molecule has 1 aliphatic heterocycles. The van der Waals surface area contributed by atoms with Gasteiger partial charge in [0.1, 0.15) is 0 Å². The molecule has 1 fully saturated rings. The Morgan fingerprint density at radius 1 is 1.38 bits per heavy atom. The van der Waals surface area contributed by atoms with Crippen molar-refractivity contribution in [1.82, 2.24) is 10.2 Å². The highest BCUT2D eigenvalue weighted by atomic mass is 32.2. The van der Waals surface area contributed by atoms with E-state index >= 15 is 0 Å². The molecule has 0 aliphatic carbocycles. The van der Waals surface area contributed by atoms with Crippen LogP contribution in [0.25, 0.3) is 0 Å². The Morgan fingerprint density at radius 2 is 2.15 bits per heavy atom. The van der Waals surface area contributed by atoms with Gasteiger partial charge in [-0.1, -0.05) is 12.2 Å². The summed E-state index contributed by atoms with van der Waals surface area (Å²) in [6.07, 6.45) is 4.25. The third-order valence-corrected chi connectivity index (χ3v) is 3.15. The predicted octanol–water partition coefficient (Wildman–Crippen LogP) is 1.20. The normalized spacial score (nSPS) is 19.8. The minimum absolute atomic E-state index is 1.01. The Bertz CT molecular complexity index is 142. The molecule has 0 aromatic carbocycles. The van der Waals surface area contributed by atoms with Gasteiger partial charge in [-0.05, 0) is 6.92 Å². The third kappa shape index (κ3) is 5.34. The standard InChI is InChI=1S/C10H20N2S/c1-2-3-4-11-5-6-12-7-9-13-10-8-12/h2-3,11H,4-10H2,1H3/b3-2+. The van der Waals surface area contributed by atoms with Crippen molar-refractivity contribution in [1.29, 1.82) is 0 Å². The van der Waals surface area contributed by atoms with Crippen molar-refractivity contribution >= 4 is 11.8 Å². The molecule has 0 bridgehead atoms. The first-order valence-electron chi connectivity index (χ1n) is 5.05. The van der Waals surface area contributed by atoms with Gasteiger partial charge >= 0.3 is 0 Å². The van der Waals surface area contributed by atoms with Crippen molar-refractivity contribution in [3.8, 4) is 0 Å². The molecule has 0 amide bonds. The average Bonchev–Trinajstić information content (AvgIpc) is 2.19. The summed E-state index contributed by atoms with van der Waals surface area (Å²) in [5, 5.41) is 3.40. The largest absolute Gasteiger partial charge is 0.312 e. The van der Waals surface area contributed by atoms with Crippen LogP contribution in [-0.2, 0) is 0 Å². The van der Waals surface area contributed by atoms with E-state index in [0.717, 1.165) is 13.1 Å². The van der Waals surface area contributed by atoms with E-state index < -0.39 is 0 Å². The lowest BCUT2D eigenvalue weighted by molar-refractivity contribution is 0.303. The highest BCUT2D eigenvalue weighted by Crippen LogP contribution is 2.07. The lowest BCUT2D eigenvalue weighted by Crippen LogP contribution is -2.37. The van der Waals surface area contributed by atoms with Crippen LogP contribution in [0.2, 0.25) is 0 Å². The molecule has 0 atom stereocenters. The maximum atomic E-state index is 3.40. The van der Waals surface area contributed by atoms with E-state index in [-0.39, 0.29) is 0 Å². The van der Waals surface area contributed by atoms with E-state index in [1.807, 2.05) is 0 Å². The molecule has 76 valence electrons. The maximum Gasteiger partial charge on any atom is 0.0135 e. The highest BCUT2D eigenvalue weighted by Gasteiger charge is 2.08. The second-order valence-corrected chi connectivity index (χ2v) is 4.45. The van der Waals surface area contributed by atoms with Crippen LogP contribution in [-0.4, -0.2) is 49.1 Å². The summed E-state index contributed by atoms with van der Waals surface area (Å²) in [5.41, 5.74) is 0. The number of allylic oxidation sites excluding steroid dienone is 1. The molecule has 2 nitrogen and oxygen atoms in total. The Kier molecular flexibility index (Phi) is 6.33. The quantitative estimate of drug-likeness (QED) is 0.530. The topological polar surface area (TPSA) is 15.3 Å². The van der Waals surface area contributed by atoms with Crippen LogP contribution in [0, 0.1) is 0 Å². The molecule has 0 saturated carbocycles. The van der Waals surface area contributed by atoms with Gasteiger partial charge in [-0.25, -0.2) is 0 Å². The van der Waals surface area contributed by atoms with Gasteiger partial charge in [0, 0.05) is 44.2 Å². The Hall–Kier alpha value is 0.0100. The zero-order valence-electron chi connectivity index (χ0n) is 8.46. The van der Waals surface area contributed by atoms with Gasteiger partial charge in [0.25, 0.3) is 0 Å². The Morgan fingerprint density at radius 3 is 2.85 bits per heavy atom. The smallest absolute Gasteiger partial charge is 0.0135 e. The molecular formula is C10H20N2S. The number of rotatable bonds is 5. The van der Waals surface area contributed by atoms with Crippen molar-refractivity contribution in [2.45, 2.75) is 6.92 Å². The van der Waals surface area contributed by atoms with Crippen LogP contribution in [0.3, 0.4) is 0 Å². The van der Waals surface area contributed by atoms with E-state index in [0.29, 0.717) is 0 Å². The zero-order chi connectivity index (χ0) is 9.36. The SMILES string of the molecule is C/C=C/CNCCN1CCSCC1. The summed E-state index contributed by atoms with van der Waals surface area (Å²) < 4.78 is 0. The zero-order valence-corrected chi connectivity index (χ0v) is 9.28. The molecule has 0 radical (unpaired) electrons. The van der Waals surface area contributed by atoms with E-state index in [1.165, 1.54) is 31.1 Å². The van der Waals surface area contributed by atoms with Gasteiger partial charge in [-0.2, -0.15) is 11.8 Å². The van der Waals surface area contributed by atoms with Crippen molar-refractivity contribution in [2.24, 2.45) is 0 Å². The monoisotopic (exact) mass is 200 g/mol. The first-order chi connectivity index (χ1) is 6.43. The van der Waals surface area contributed by atoms with Crippen molar-refractivity contribution in [3.05, 3.63) is 12.2 Å². The number of hydrogen-bond acceptors (Lipinski definition) is 3. The summed E-state index contributed by atoms with van der Waals surface area (Å²) in [5.74, 6) is 2.63. The summed E-state index contributed by atoms with van der Waals surface area (Å²) in [4.78, 5) is 2.54. The fraction of sp³-hybridized carbons (Fsp3) is 0.800. The molecule has 1 aliphatic rings. The lowest BCUT2D eigenvalue weighted by Gasteiger charge is -2.25. The number of nitrogens with one attached hydrogen (secondary N) is 1. The minimum atomic E-state index is 1.01. The van der Waals surface area contributed by atoms with E-state index in [4.69, 9.17) is 0 Å². The first-order valence-corrected chi connectivity index (χ1v) is 6.21. The second-order valence-electron chi connectivity index (χ2n) is 3.23. The fourth-order valence-corrected chi connectivity index (χ4v) is 2.34. The fourth-order valence-electron chi connectivity index (χ4n) is 1.37. The Balaban J connectivity index is 1.92. The van der Waals surface area contributed by atoms with Crippen LogP contribution in [0.1, 0.15) is 6.92 Å². The van der Waals surface area contributed by atoms with Crippen LogP contribution in [0.4, 0.5) is 0 Å². The summed E-state index contributed by atoms with van der Waals surface area (Å²) in [6, 6.07) is 0. The van der Waals surface area contributed by atoms with E-state index in [2.05, 4.69) is 41.1 Å². The molecule has 0 aromatic heterocycles. The second kappa shape index (κ2) is 7.42. The molecule has 0 aromatic rings. The number of thioether (sulfide) groups is 1. The third-order valence-electron chi connectivity index (χ3n) is 2.21. The minimum Gasteiger partial charge on any atom is -0.312 e. The molecule has 3 heteroatoms. The maximum absolute atomic E-state index is 3.40. The molecule has 13 heavy (non-hydrogen) atoms. The number of hydrogen-bond donors (Lipinski definition) is 1. The van der Waals surface area contributed by atoms with E-state index in [1.54, 1.807) is 0 Å². The molecular weight excluding hydrogens is 180 g/mol. The summed E-state index contributed by atoms with van der Waals surface area (Å²) in [7, 11) is 0. The molecule has 1 N–H and O–H groups in total. The molecule has 1 saturated heterocycles. The summed E-state index contributed by atoms with van der Waals surface area (Å²) in [6.45, 7) is 7.95. The van der Waals surface area contributed by atoms with Crippen LogP contribution < -0.4 is 5.32 Å². The van der Waals surface area contributed by atoms with Crippen LogP contribution in [0.5, 0.6) is 0 Å². The van der Waals surface area contributed by atoms with Crippen molar-refractivity contribution in [2.75, 3.05) is 44.2 Å². The summed E-state index contributed by atoms with van der Waals surface area (Å²) >= 11 is 2.07. The first kappa shape index (κ1) is 11.1. The van der Waals surface area contributed by atoms with Gasteiger partial charge in [0.05, 0.1) is 0 Å². The lowest BCUT2D eigenvalue weighted by atomic mass is 10.4. The van der Waals surface area contributed by atoms with Crippen molar-refractivity contribution < 1.29 is 0 Å². The average molecular weight is 200 g/mol. The number of nitrogens with zero attached hydrogens (tertiary/aromatic N) is 1. The molecule has 0 unspecified atom stereocenters. The van der Waals surface area contributed by atoms with Gasteiger partial charge in [0.2, 0.25) is 0 Å². The molecule has 0 spiro atoms. The van der Waals surface area contributed by atoms with Gasteiger partial charge < -0.3 is 10.2 Å². The Labute approximate surface area is 85.8 Å². The molecule has 1 rings (SSSR count). The van der Waals surface area contributed by atoms with Gasteiger partial charge in [-0.15, -0.1) is 0 Å². The van der Waals surface area contributed by atoms with Gasteiger partial charge in [0.15, 0.2) is 0 Å².